The van der Waals surface area contributed by atoms with Crippen LogP contribution in [0.5, 0.6) is 0 Å². The number of sulfone groups is 1. The standard InChI is InChI=1S/C12H18BrNO2S/c1-3-4-11(14-2)9-17(15,16)12-7-5-10(13)6-8-12/h5-8,11,14H,3-4,9H2,1-2H3. The lowest BCUT2D eigenvalue weighted by Crippen LogP contribution is -2.32. The van der Waals surface area contributed by atoms with Gasteiger partial charge in [-0.1, -0.05) is 29.3 Å². The second-order valence-electron chi connectivity index (χ2n) is 4.01. The van der Waals surface area contributed by atoms with Crippen molar-refractivity contribution >= 4 is 25.8 Å². The quantitative estimate of drug-likeness (QED) is 0.876. The topological polar surface area (TPSA) is 46.2 Å². The molecule has 0 aliphatic rings. The van der Waals surface area contributed by atoms with E-state index in [-0.39, 0.29) is 11.8 Å². The molecule has 1 rings (SSSR count). The van der Waals surface area contributed by atoms with Crippen LogP contribution in [0.2, 0.25) is 0 Å². The predicted octanol–water partition coefficient (Wildman–Crippen LogP) is 2.61. The van der Waals surface area contributed by atoms with E-state index >= 15 is 0 Å². The second-order valence-corrected chi connectivity index (χ2v) is 6.96. The third-order valence-corrected chi connectivity index (χ3v) is 5.00. The summed E-state index contributed by atoms with van der Waals surface area (Å²) in [5.41, 5.74) is 0. The molecule has 1 N–H and O–H groups in total. The van der Waals surface area contributed by atoms with Gasteiger partial charge in [-0.25, -0.2) is 8.42 Å². The van der Waals surface area contributed by atoms with E-state index in [1.165, 1.54) is 0 Å². The lowest BCUT2D eigenvalue weighted by Gasteiger charge is -2.15. The molecule has 96 valence electrons. The molecule has 0 fully saturated rings. The molecular formula is C12H18BrNO2S. The van der Waals surface area contributed by atoms with Crippen molar-refractivity contribution in [2.75, 3.05) is 12.8 Å². The van der Waals surface area contributed by atoms with Crippen LogP contribution < -0.4 is 5.32 Å². The number of nitrogens with one attached hydrogen (secondary N) is 1. The second kappa shape index (κ2) is 6.52. The minimum atomic E-state index is -3.19. The van der Waals surface area contributed by atoms with Gasteiger partial charge in [-0.3, -0.25) is 0 Å². The zero-order chi connectivity index (χ0) is 12.9. The van der Waals surface area contributed by atoms with Gasteiger partial charge in [0.25, 0.3) is 0 Å². The third-order valence-electron chi connectivity index (χ3n) is 2.64. The van der Waals surface area contributed by atoms with E-state index in [2.05, 4.69) is 28.2 Å². The average molecular weight is 320 g/mol. The first-order valence-corrected chi connectivity index (χ1v) is 8.09. The van der Waals surface area contributed by atoms with Crippen LogP contribution in [0.25, 0.3) is 0 Å². The Balaban J connectivity index is 2.84. The minimum absolute atomic E-state index is 0.0219. The highest BCUT2D eigenvalue weighted by molar-refractivity contribution is 9.10. The van der Waals surface area contributed by atoms with Crippen LogP contribution in [0.1, 0.15) is 19.8 Å². The van der Waals surface area contributed by atoms with E-state index in [0.29, 0.717) is 4.90 Å². The lowest BCUT2D eigenvalue weighted by atomic mass is 10.2. The fourth-order valence-corrected chi connectivity index (χ4v) is 3.53. The number of benzene rings is 1. The van der Waals surface area contributed by atoms with Gasteiger partial charge < -0.3 is 5.32 Å². The monoisotopic (exact) mass is 319 g/mol. The van der Waals surface area contributed by atoms with E-state index < -0.39 is 9.84 Å². The summed E-state index contributed by atoms with van der Waals surface area (Å²) in [6.45, 7) is 2.05. The minimum Gasteiger partial charge on any atom is -0.316 e. The van der Waals surface area contributed by atoms with Gasteiger partial charge in [-0.2, -0.15) is 0 Å². The van der Waals surface area contributed by atoms with Crippen LogP contribution in [-0.4, -0.2) is 27.3 Å². The van der Waals surface area contributed by atoms with Gasteiger partial charge in [0.05, 0.1) is 10.6 Å². The maximum atomic E-state index is 12.1. The summed E-state index contributed by atoms with van der Waals surface area (Å²) in [6.07, 6.45) is 1.84. The molecule has 5 heteroatoms. The highest BCUT2D eigenvalue weighted by atomic mass is 79.9. The van der Waals surface area contributed by atoms with Crippen LogP contribution in [-0.2, 0) is 9.84 Å². The fraction of sp³-hybridized carbons (Fsp3) is 0.500. The number of halogens is 1. The number of hydrogen-bond donors (Lipinski definition) is 1. The van der Waals surface area contributed by atoms with Crippen molar-refractivity contribution in [1.29, 1.82) is 0 Å². The van der Waals surface area contributed by atoms with Crippen molar-refractivity contribution in [1.82, 2.24) is 5.32 Å². The Bertz CT molecular complexity index is 442. The average Bonchev–Trinajstić information content (AvgIpc) is 2.28. The van der Waals surface area contributed by atoms with E-state index in [1.807, 2.05) is 0 Å². The molecule has 0 aliphatic carbocycles. The molecule has 0 heterocycles. The van der Waals surface area contributed by atoms with Crippen LogP contribution in [0.15, 0.2) is 33.6 Å². The summed E-state index contributed by atoms with van der Waals surface area (Å²) in [4.78, 5) is 0.386. The molecule has 17 heavy (non-hydrogen) atoms. The van der Waals surface area contributed by atoms with E-state index in [9.17, 15) is 8.42 Å². The highest BCUT2D eigenvalue weighted by Crippen LogP contribution is 2.17. The van der Waals surface area contributed by atoms with Crippen molar-refractivity contribution in [2.45, 2.75) is 30.7 Å². The first kappa shape index (κ1) is 14.7. The lowest BCUT2D eigenvalue weighted by molar-refractivity contribution is 0.536. The summed E-state index contributed by atoms with van der Waals surface area (Å²) in [5, 5.41) is 3.05. The zero-order valence-corrected chi connectivity index (χ0v) is 12.5. The van der Waals surface area contributed by atoms with Crippen LogP contribution in [0.3, 0.4) is 0 Å². The summed E-state index contributed by atoms with van der Waals surface area (Å²) in [5.74, 6) is 0.152. The van der Waals surface area contributed by atoms with Gasteiger partial charge in [-0.05, 0) is 37.7 Å². The summed E-state index contributed by atoms with van der Waals surface area (Å²) >= 11 is 3.29. The normalized spacial score (nSPS) is 13.6. The molecule has 3 nitrogen and oxygen atoms in total. The molecule has 0 aromatic heterocycles. The number of rotatable bonds is 6. The van der Waals surface area contributed by atoms with E-state index in [1.54, 1.807) is 31.3 Å². The molecule has 0 saturated heterocycles. The van der Waals surface area contributed by atoms with Crippen molar-refractivity contribution < 1.29 is 8.42 Å². The Morgan fingerprint density at radius 1 is 1.29 bits per heavy atom. The zero-order valence-electron chi connectivity index (χ0n) is 10.1. The Labute approximate surface area is 112 Å². The van der Waals surface area contributed by atoms with Crippen molar-refractivity contribution in [3.63, 3.8) is 0 Å². The molecule has 0 saturated carbocycles. The molecule has 0 amide bonds. The van der Waals surface area contributed by atoms with Gasteiger partial charge in [0, 0.05) is 10.5 Å². The maximum Gasteiger partial charge on any atom is 0.179 e. The highest BCUT2D eigenvalue weighted by Gasteiger charge is 2.19. The molecule has 0 bridgehead atoms. The van der Waals surface area contributed by atoms with Crippen molar-refractivity contribution in [3.8, 4) is 0 Å². The third kappa shape index (κ3) is 4.41. The van der Waals surface area contributed by atoms with Gasteiger partial charge >= 0.3 is 0 Å². The summed E-state index contributed by atoms with van der Waals surface area (Å²) < 4.78 is 25.1. The number of hydrogen-bond acceptors (Lipinski definition) is 3. The van der Waals surface area contributed by atoms with Crippen molar-refractivity contribution in [2.24, 2.45) is 0 Å². The summed E-state index contributed by atoms with van der Waals surface area (Å²) in [6, 6.07) is 6.80. The Morgan fingerprint density at radius 2 is 1.88 bits per heavy atom. The SMILES string of the molecule is CCCC(CS(=O)(=O)c1ccc(Br)cc1)NC. The van der Waals surface area contributed by atoms with Gasteiger partial charge in [0.2, 0.25) is 0 Å². The molecule has 0 radical (unpaired) electrons. The fourth-order valence-electron chi connectivity index (χ4n) is 1.66. The van der Waals surface area contributed by atoms with Gasteiger partial charge in [-0.15, -0.1) is 0 Å². The first-order valence-electron chi connectivity index (χ1n) is 5.65. The van der Waals surface area contributed by atoms with Crippen LogP contribution in [0, 0.1) is 0 Å². The molecule has 0 aliphatic heterocycles. The van der Waals surface area contributed by atoms with Crippen molar-refractivity contribution in [3.05, 3.63) is 28.7 Å². The smallest absolute Gasteiger partial charge is 0.179 e. The maximum absolute atomic E-state index is 12.1. The summed E-state index contributed by atoms with van der Waals surface area (Å²) in [7, 11) is -1.39. The Kier molecular flexibility index (Phi) is 5.62. The Morgan fingerprint density at radius 3 is 2.35 bits per heavy atom. The molecule has 1 atom stereocenters. The molecule has 0 spiro atoms. The largest absolute Gasteiger partial charge is 0.316 e. The van der Waals surface area contributed by atoms with E-state index in [4.69, 9.17) is 0 Å². The van der Waals surface area contributed by atoms with Crippen LogP contribution >= 0.6 is 15.9 Å². The van der Waals surface area contributed by atoms with Gasteiger partial charge in [0.1, 0.15) is 0 Å². The van der Waals surface area contributed by atoms with E-state index in [0.717, 1.165) is 17.3 Å². The Hall–Kier alpha value is -0.390. The van der Waals surface area contributed by atoms with Gasteiger partial charge in [0.15, 0.2) is 9.84 Å². The molecule has 1 aromatic carbocycles. The first-order chi connectivity index (χ1) is 7.99. The molecule has 1 unspecified atom stereocenters. The van der Waals surface area contributed by atoms with Crippen LogP contribution in [0.4, 0.5) is 0 Å². The molecule has 1 aromatic rings. The molecular weight excluding hydrogens is 302 g/mol. The predicted molar refractivity (Wildman–Crippen MR) is 74.0 cm³/mol.